The smallest absolute Gasteiger partial charge is 0.404 e. The Bertz CT molecular complexity index is 902. The van der Waals surface area contributed by atoms with E-state index >= 15 is 0 Å². The second-order valence-corrected chi connectivity index (χ2v) is 7.54. The number of nitrogen functional groups attached to an aromatic ring is 1. The fourth-order valence-corrected chi connectivity index (χ4v) is 3.75. The molecule has 0 aliphatic rings. The van der Waals surface area contributed by atoms with Crippen molar-refractivity contribution in [1.29, 1.82) is 0 Å². The van der Waals surface area contributed by atoms with E-state index in [0.29, 0.717) is 21.8 Å². The summed E-state index contributed by atoms with van der Waals surface area (Å²) in [5.41, 5.74) is 7.53. The van der Waals surface area contributed by atoms with Crippen LogP contribution in [-0.2, 0) is 5.75 Å². The number of rotatable bonds is 7. The van der Waals surface area contributed by atoms with Crippen molar-refractivity contribution in [3.63, 3.8) is 0 Å². The Morgan fingerprint density at radius 1 is 1.31 bits per heavy atom. The second-order valence-electron chi connectivity index (χ2n) is 5.57. The van der Waals surface area contributed by atoms with Crippen LogP contribution in [-0.4, -0.2) is 38.7 Å². The zero-order valence-corrected chi connectivity index (χ0v) is 15.6. The third-order valence-corrected chi connectivity index (χ3v) is 5.20. The predicted molar refractivity (Wildman–Crippen MR) is 105 cm³/mol. The van der Waals surface area contributed by atoms with Gasteiger partial charge in [0.25, 0.3) is 0 Å². The number of nitrogens with zero attached hydrogens (tertiary/aromatic N) is 3. The Balaban J connectivity index is 1.80. The number of hydrogen-bond acceptors (Lipinski definition) is 8. The van der Waals surface area contributed by atoms with Gasteiger partial charge in [-0.2, -0.15) is 0 Å². The highest BCUT2D eigenvalue weighted by Crippen LogP contribution is 2.31. The molecule has 3 rings (SSSR count). The first kappa shape index (κ1) is 18.2. The Kier molecular flexibility index (Phi) is 5.74. The minimum atomic E-state index is -1.06. The summed E-state index contributed by atoms with van der Waals surface area (Å²) >= 11 is 2.81. The van der Waals surface area contributed by atoms with Gasteiger partial charge in [0, 0.05) is 18.3 Å². The van der Waals surface area contributed by atoms with Gasteiger partial charge in [0.2, 0.25) is 0 Å². The predicted octanol–water partition coefficient (Wildman–Crippen LogP) is 3.03. The van der Waals surface area contributed by atoms with Gasteiger partial charge < -0.3 is 21.5 Å². The van der Waals surface area contributed by atoms with Gasteiger partial charge in [0.05, 0.1) is 0 Å². The standard InChI is InChI=1S/C16H18N6O2S2/c1-9(7-18-16(23)24)19-12-11-13(20-14(17)26-11)22-15(21-12)25-8-10-5-3-2-4-6-10/h2-6,9,18H,7-8H2,1H3,(H,23,24)(H3,17,19,20,21,22)/t9-/m1/s1. The van der Waals surface area contributed by atoms with Crippen molar-refractivity contribution in [1.82, 2.24) is 20.3 Å². The van der Waals surface area contributed by atoms with E-state index in [9.17, 15) is 4.79 Å². The molecule has 10 heteroatoms. The third kappa shape index (κ3) is 4.73. The lowest BCUT2D eigenvalue weighted by Gasteiger charge is -2.15. The lowest BCUT2D eigenvalue weighted by molar-refractivity contribution is 0.194. The first-order valence-corrected chi connectivity index (χ1v) is 9.65. The number of benzene rings is 1. The molecule has 0 saturated heterocycles. The van der Waals surface area contributed by atoms with Gasteiger partial charge in [-0.05, 0) is 12.5 Å². The molecule has 1 aromatic carbocycles. The number of aromatic nitrogens is 3. The first-order chi connectivity index (χ1) is 12.5. The van der Waals surface area contributed by atoms with Crippen molar-refractivity contribution in [3.05, 3.63) is 35.9 Å². The van der Waals surface area contributed by atoms with Crippen molar-refractivity contribution in [2.75, 3.05) is 17.6 Å². The zero-order valence-electron chi connectivity index (χ0n) is 14.0. The van der Waals surface area contributed by atoms with E-state index in [4.69, 9.17) is 10.8 Å². The molecule has 0 fully saturated rings. The molecule has 2 aromatic heterocycles. The lowest BCUT2D eigenvalue weighted by Crippen LogP contribution is -2.33. The molecule has 1 atom stereocenters. The molecule has 0 spiro atoms. The van der Waals surface area contributed by atoms with Gasteiger partial charge in [-0.1, -0.05) is 53.4 Å². The number of nitrogens with one attached hydrogen (secondary N) is 2. The molecule has 0 unspecified atom stereocenters. The van der Waals surface area contributed by atoms with E-state index in [1.807, 2.05) is 37.3 Å². The molecule has 1 amide bonds. The first-order valence-electron chi connectivity index (χ1n) is 7.85. The molecule has 26 heavy (non-hydrogen) atoms. The van der Waals surface area contributed by atoms with Crippen LogP contribution in [0.4, 0.5) is 15.7 Å². The molecular weight excluding hydrogens is 372 g/mol. The summed E-state index contributed by atoms with van der Waals surface area (Å²) in [6.07, 6.45) is -1.06. The van der Waals surface area contributed by atoms with Crippen LogP contribution in [0.2, 0.25) is 0 Å². The molecule has 2 heterocycles. The van der Waals surface area contributed by atoms with Crippen molar-refractivity contribution < 1.29 is 9.90 Å². The average Bonchev–Trinajstić information content (AvgIpc) is 2.99. The molecule has 0 saturated carbocycles. The lowest BCUT2D eigenvalue weighted by atomic mass is 10.2. The minimum absolute atomic E-state index is 0.153. The summed E-state index contributed by atoms with van der Waals surface area (Å²) < 4.78 is 0.758. The summed E-state index contributed by atoms with van der Waals surface area (Å²) in [4.78, 5) is 24.0. The average molecular weight is 390 g/mol. The van der Waals surface area contributed by atoms with E-state index in [0.717, 1.165) is 10.5 Å². The summed E-state index contributed by atoms with van der Waals surface area (Å²) in [7, 11) is 0. The van der Waals surface area contributed by atoms with Crippen LogP contribution in [0.5, 0.6) is 0 Å². The van der Waals surface area contributed by atoms with Crippen LogP contribution in [0.3, 0.4) is 0 Å². The normalized spacial score (nSPS) is 12.0. The van der Waals surface area contributed by atoms with Gasteiger partial charge in [0.15, 0.2) is 21.8 Å². The quantitative estimate of drug-likeness (QED) is 0.358. The number of carboxylic acid groups (broad SMARTS) is 1. The van der Waals surface area contributed by atoms with Crippen LogP contribution in [0.1, 0.15) is 12.5 Å². The third-order valence-electron chi connectivity index (χ3n) is 3.40. The number of nitrogens with two attached hydrogens (primary N) is 1. The number of hydrogen-bond donors (Lipinski definition) is 4. The summed E-state index contributed by atoms with van der Waals surface area (Å²) in [6.45, 7) is 2.12. The molecular formula is C16H18N6O2S2. The number of thiazole rings is 1. The maximum atomic E-state index is 10.7. The Hall–Kier alpha value is -2.59. The molecule has 3 aromatic rings. The number of fused-ring (bicyclic) bond motifs is 1. The van der Waals surface area contributed by atoms with Gasteiger partial charge in [-0.25, -0.2) is 19.7 Å². The van der Waals surface area contributed by atoms with E-state index in [-0.39, 0.29) is 12.6 Å². The molecule has 136 valence electrons. The van der Waals surface area contributed by atoms with Crippen molar-refractivity contribution >= 4 is 50.5 Å². The number of anilines is 2. The zero-order chi connectivity index (χ0) is 18.5. The van der Waals surface area contributed by atoms with Crippen LogP contribution in [0, 0.1) is 0 Å². The molecule has 0 aliphatic carbocycles. The largest absolute Gasteiger partial charge is 0.465 e. The Morgan fingerprint density at radius 2 is 2.08 bits per heavy atom. The summed E-state index contributed by atoms with van der Waals surface area (Å²) in [5, 5.41) is 15.3. The van der Waals surface area contributed by atoms with Crippen LogP contribution in [0.15, 0.2) is 35.5 Å². The van der Waals surface area contributed by atoms with E-state index in [2.05, 4.69) is 25.6 Å². The van der Waals surface area contributed by atoms with Gasteiger partial charge >= 0.3 is 6.09 Å². The molecule has 8 nitrogen and oxygen atoms in total. The van der Waals surface area contributed by atoms with Crippen LogP contribution in [0.25, 0.3) is 10.3 Å². The second kappa shape index (κ2) is 8.19. The molecule has 0 radical (unpaired) electrons. The maximum Gasteiger partial charge on any atom is 0.404 e. The Labute approximate surface area is 158 Å². The number of thioether (sulfide) groups is 1. The number of amides is 1. The van der Waals surface area contributed by atoms with Crippen molar-refractivity contribution in [2.45, 2.75) is 23.9 Å². The highest BCUT2D eigenvalue weighted by molar-refractivity contribution is 7.98. The van der Waals surface area contributed by atoms with Crippen molar-refractivity contribution in [3.8, 4) is 0 Å². The van der Waals surface area contributed by atoms with Crippen molar-refractivity contribution in [2.24, 2.45) is 0 Å². The molecule has 5 N–H and O–H groups in total. The van der Waals surface area contributed by atoms with E-state index < -0.39 is 6.09 Å². The minimum Gasteiger partial charge on any atom is -0.465 e. The van der Waals surface area contributed by atoms with Gasteiger partial charge in [-0.15, -0.1) is 0 Å². The van der Waals surface area contributed by atoms with E-state index in [1.165, 1.54) is 28.7 Å². The maximum absolute atomic E-state index is 10.7. The fourth-order valence-electron chi connectivity index (χ4n) is 2.23. The summed E-state index contributed by atoms with van der Waals surface area (Å²) in [5.74, 6) is 1.35. The summed E-state index contributed by atoms with van der Waals surface area (Å²) in [6, 6.07) is 9.90. The SMILES string of the molecule is C[C@H](CNC(=O)O)Nc1nc(SCc2ccccc2)nc2nc(N)sc12. The fraction of sp³-hybridized carbons (Fsp3) is 0.250. The number of carbonyl (C=O) groups is 1. The van der Waals surface area contributed by atoms with Crippen LogP contribution >= 0.6 is 23.1 Å². The monoisotopic (exact) mass is 390 g/mol. The highest BCUT2D eigenvalue weighted by atomic mass is 32.2. The highest BCUT2D eigenvalue weighted by Gasteiger charge is 2.15. The van der Waals surface area contributed by atoms with Gasteiger partial charge in [-0.3, -0.25) is 0 Å². The van der Waals surface area contributed by atoms with E-state index in [1.54, 1.807) is 0 Å². The molecule has 0 aliphatic heterocycles. The topological polar surface area (TPSA) is 126 Å². The van der Waals surface area contributed by atoms with Gasteiger partial charge in [0.1, 0.15) is 4.70 Å². The molecule has 0 bridgehead atoms. The van der Waals surface area contributed by atoms with Crippen LogP contribution < -0.4 is 16.4 Å². The Morgan fingerprint density at radius 3 is 2.81 bits per heavy atom.